The number of quaternary nitrogens is 1. The van der Waals surface area contributed by atoms with Gasteiger partial charge in [-0.05, 0) is 13.3 Å². The minimum atomic E-state index is -1.46. The van der Waals surface area contributed by atoms with Crippen molar-refractivity contribution in [1.82, 2.24) is 0 Å². The fourth-order valence-electron chi connectivity index (χ4n) is 1.61. The summed E-state index contributed by atoms with van der Waals surface area (Å²) < 4.78 is 22.5. The molecule has 0 fully saturated rings. The summed E-state index contributed by atoms with van der Waals surface area (Å²) in [6.45, 7) is 4.23. The van der Waals surface area contributed by atoms with Gasteiger partial charge < -0.3 is 9.47 Å². The molecule has 126 valence electrons. The molecule has 7 heteroatoms. The lowest BCUT2D eigenvalue weighted by molar-refractivity contribution is -0.882. The quantitative estimate of drug-likeness (QED) is 0.202. The Hall–Kier alpha value is -1.26. The number of ether oxygens (including phenoxy) is 2. The molecule has 0 spiro atoms. The van der Waals surface area contributed by atoms with Crippen molar-refractivity contribution in [2.24, 2.45) is 0 Å². The van der Waals surface area contributed by atoms with E-state index in [1.54, 1.807) is 0 Å². The Kier molecular flexibility index (Phi) is 9.86. The molecule has 0 heterocycles. The molecule has 2 atom stereocenters. The van der Waals surface area contributed by atoms with Gasteiger partial charge in [-0.3, -0.25) is 4.48 Å². The Labute approximate surface area is 133 Å². The molecule has 0 rings (SSSR count). The molecule has 0 aliphatic carbocycles. The molecule has 0 amide bonds. The summed E-state index contributed by atoms with van der Waals surface area (Å²) in [6, 6.07) is 0. The monoisotopic (exact) mass is 333 g/mol. The van der Waals surface area contributed by atoms with Crippen LogP contribution in [0.25, 0.3) is 0 Å². The average Bonchev–Trinajstić information content (AvgIpc) is 2.43. The first kappa shape index (κ1) is 20.7. The number of carbonyl (C=O) groups is 2. The maximum atomic E-state index is 12.0. The molecular formula is C15H28NO5P+2. The fraction of sp³-hybridized carbons (Fsp3) is 0.733. The normalized spacial score (nSPS) is 13.8. The van der Waals surface area contributed by atoms with Crippen molar-refractivity contribution in [3.63, 3.8) is 0 Å². The van der Waals surface area contributed by atoms with Crippen LogP contribution in [0.2, 0.25) is 0 Å². The smallest absolute Gasteiger partial charge is 0.404 e. The van der Waals surface area contributed by atoms with Gasteiger partial charge in [-0.15, -0.1) is 0 Å². The Bertz CT molecular complexity index is 415. The number of carbonyl (C=O) groups excluding carboxylic acids is 2. The van der Waals surface area contributed by atoms with Crippen LogP contribution in [0.5, 0.6) is 0 Å². The third-order valence-electron chi connectivity index (χ3n) is 3.01. The van der Waals surface area contributed by atoms with Crippen LogP contribution in [0.3, 0.4) is 0 Å². The molecule has 0 aliphatic heterocycles. The van der Waals surface area contributed by atoms with Crippen molar-refractivity contribution >= 4 is 19.7 Å². The van der Waals surface area contributed by atoms with E-state index in [2.05, 4.69) is 0 Å². The average molecular weight is 333 g/mol. The number of likely N-dealkylation sites (N-methyl/N-ethyl adjacent to an activating group) is 1. The number of unbranched alkanes of at least 4 members (excludes halogenated alkanes) is 1. The largest absolute Gasteiger partial charge is 0.463 e. The van der Waals surface area contributed by atoms with Crippen LogP contribution >= 0.6 is 7.80 Å². The Morgan fingerprint density at radius 3 is 2.09 bits per heavy atom. The number of hydrogen-bond acceptors (Lipinski definition) is 5. The second-order valence-corrected chi connectivity index (χ2v) is 7.88. The van der Waals surface area contributed by atoms with E-state index in [-0.39, 0.29) is 12.4 Å². The van der Waals surface area contributed by atoms with E-state index in [0.29, 0.717) is 17.3 Å². The topological polar surface area (TPSA) is 69.7 Å². The highest BCUT2D eigenvalue weighted by Crippen LogP contribution is 2.32. The molecule has 0 aromatic heterocycles. The molecule has 6 nitrogen and oxygen atoms in total. The number of esters is 2. The van der Waals surface area contributed by atoms with Gasteiger partial charge in [0.25, 0.3) is 0 Å². The second-order valence-electron chi connectivity index (χ2n) is 5.81. The lowest BCUT2D eigenvalue weighted by Crippen LogP contribution is -2.46. The third-order valence-corrected chi connectivity index (χ3v) is 5.14. The van der Waals surface area contributed by atoms with Crippen LogP contribution in [-0.4, -0.2) is 62.7 Å². The van der Waals surface area contributed by atoms with Crippen LogP contribution < -0.4 is 0 Å². The standard InChI is InChI=1S/C15H28NO5P/c1-6-8-11-20-14(17)9-10-15(18)21-12-13(16(3,4)5)22(19)7-2/h9-10,13H,6-8,11-12H2,1-5H3/q+2/b10-9+. The molecule has 0 aromatic carbocycles. The van der Waals surface area contributed by atoms with E-state index < -0.39 is 19.7 Å². The molecule has 22 heavy (non-hydrogen) atoms. The Balaban J connectivity index is 4.35. The van der Waals surface area contributed by atoms with Gasteiger partial charge in [0.15, 0.2) is 6.61 Å². The van der Waals surface area contributed by atoms with E-state index in [4.69, 9.17) is 9.47 Å². The zero-order valence-corrected chi connectivity index (χ0v) is 15.1. The fourth-order valence-corrected chi connectivity index (χ4v) is 3.04. The second kappa shape index (κ2) is 10.5. The van der Waals surface area contributed by atoms with Crippen LogP contribution in [0.1, 0.15) is 26.7 Å². The van der Waals surface area contributed by atoms with Crippen LogP contribution in [-0.2, 0) is 23.6 Å². The van der Waals surface area contributed by atoms with Crippen molar-refractivity contribution in [2.45, 2.75) is 32.5 Å². The highest BCUT2D eigenvalue weighted by Gasteiger charge is 2.41. The SMILES string of the molecule is CCCCOC(=O)/C=C/C(=O)OCC([P+](=O)CC)[N+](C)(C)C. The summed E-state index contributed by atoms with van der Waals surface area (Å²) in [6.07, 6.45) is 4.35. The van der Waals surface area contributed by atoms with Gasteiger partial charge in [-0.25, -0.2) is 9.59 Å². The lowest BCUT2D eigenvalue weighted by Gasteiger charge is -2.26. The highest BCUT2D eigenvalue weighted by molar-refractivity contribution is 7.45. The van der Waals surface area contributed by atoms with Gasteiger partial charge >= 0.3 is 25.5 Å². The molecule has 0 saturated heterocycles. The maximum absolute atomic E-state index is 12.0. The first-order chi connectivity index (χ1) is 10.2. The summed E-state index contributed by atoms with van der Waals surface area (Å²) in [5.74, 6) is -1.47. The van der Waals surface area contributed by atoms with Crippen molar-refractivity contribution < 1.29 is 28.1 Å². The van der Waals surface area contributed by atoms with E-state index in [1.165, 1.54) is 0 Å². The van der Waals surface area contributed by atoms with Gasteiger partial charge in [0.05, 0.1) is 27.7 Å². The Morgan fingerprint density at radius 1 is 1.09 bits per heavy atom. The highest BCUT2D eigenvalue weighted by atomic mass is 31.1. The summed E-state index contributed by atoms with van der Waals surface area (Å²) in [4.78, 5) is 22.9. The predicted octanol–water partition coefficient (Wildman–Crippen LogP) is 2.31. The van der Waals surface area contributed by atoms with Crippen molar-refractivity contribution in [1.29, 1.82) is 0 Å². The van der Waals surface area contributed by atoms with E-state index >= 15 is 0 Å². The first-order valence-electron chi connectivity index (χ1n) is 7.48. The molecule has 0 bridgehead atoms. The molecule has 0 aliphatic rings. The molecule has 0 N–H and O–H groups in total. The first-order valence-corrected chi connectivity index (χ1v) is 9.00. The minimum absolute atomic E-state index is 0.0562. The van der Waals surface area contributed by atoms with E-state index in [1.807, 2.05) is 35.0 Å². The lowest BCUT2D eigenvalue weighted by atomic mass is 10.4. The molecular weight excluding hydrogens is 305 g/mol. The number of rotatable bonds is 10. The zero-order valence-electron chi connectivity index (χ0n) is 14.2. The summed E-state index contributed by atoms with van der Waals surface area (Å²) in [5, 5.41) is 0. The van der Waals surface area contributed by atoms with Gasteiger partial charge in [-0.1, -0.05) is 17.9 Å². The maximum Gasteiger partial charge on any atom is 0.404 e. The van der Waals surface area contributed by atoms with Crippen molar-refractivity contribution in [3.05, 3.63) is 12.2 Å². The van der Waals surface area contributed by atoms with E-state index in [9.17, 15) is 14.2 Å². The summed E-state index contributed by atoms with van der Waals surface area (Å²) >= 11 is 0. The van der Waals surface area contributed by atoms with Crippen molar-refractivity contribution in [2.75, 3.05) is 40.5 Å². The Morgan fingerprint density at radius 2 is 1.64 bits per heavy atom. The van der Waals surface area contributed by atoms with Crippen LogP contribution in [0.4, 0.5) is 0 Å². The molecule has 2 unspecified atom stereocenters. The molecule has 0 radical (unpaired) electrons. The van der Waals surface area contributed by atoms with Gasteiger partial charge in [-0.2, -0.15) is 0 Å². The summed E-state index contributed by atoms with van der Waals surface area (Å²) in [5.41, 5.74) is 0. The van der Waals surface area contributed by atoms with Crippen molar-refractivity contribution in [3.8, 4) is 0 Å². The van der Waals surface area contributed by atoms with Crippen LogP contribution in [0.15, 0.2) is 12.2 Å². The third kappa shape index (κ3) is 8.90. The molecule has 0 saturated carbocycles. The minimum Gasteiger partial charge on any atom is -0.463 e. The summed E-state index contributed by atoms with van der Waals surface area (Å²) in [7, 11) is 4.25. The number of nitrogens with zero attached hydrogens (tertiary/aromatic N) is 1. The van der Waals surface area contributed by atoms with Gasteiger partial charge in [0, 0.05) is 12.2 Å². The number of hydrogen-bond donors (Lipinski definition) is 0. The van der Waals surface area contributed by atoms with E-state index in [0.717, 1.165) is 25.0 Å². The van der Waals surface area contributed by atoms with Gasteiger partial charge in [0.2, 0.25) is 0 Å². The molecule has 0 aromatic rings. The zero-order chi connectivity index (χ0) is 17.2. The van der Waals surface area contributed by atoms with Crippen LogP contribution in [0, 0.1) is 0 Å². The van der Waals surface area contributed by atoms with Gasteiger partial charge in [0.1, 0.15) is 6.16 Å². The predicted molar refractivity (Wildman–Crippen MR) is 85.9 cm³/mol.